The molecule has 1 rings (SSSR count). The minimum atomic E-state index is 0. The summed E-state index contributed by atoms with van der Waals surface area (Å²) in [6, 6.07) is 0. The molecule has 1 aromatic heterocycles. The van der Waals surface area contributed by atoms with Crippen LogP contribution >= 0.6 is 0 Å². The van der Waals surface area contributed by atoms with Gasteiger partial charge in [-0.15, -0.1) is 0 Å². The molecule has 0 aromatic carbocycles. The molecule has 0 unspecified atom stereocenters. The van der Waals surface area contributed by atoms with Gasteiger partial charge >= 0.3 is 0 Å². The third-order valence-electron chi connectivity index (χ3n) is 1.69. The number of nitrogens with one attached hydrogen (secondary N) is 1. The number of aromatic nitrogens is 2. The summed E-state index contributed by atoms with van der Waals surface area (Å²) in [6.07, 6.45) is 1.02. The molecule has 0 atom stereocenters. The summed E-state index contributed by atoms with van der Waals surface area (Å²) in [5, 5.41) is 7.05. The van der Waals surface area contributed by atoms with Gasteiger partial charge in [0.25, 0.3) is 0 Å². The van der Waals surface area contributed by atoms with Gasteiger partial charge in [-0.3, -0.25) is 5.10 Å². The molecular formula is C7H14N2. The van der Waals surface area contributed by atoms with Gasteiger partial charge in [-0.05, 0) is 25.8 Å². The third-order valence-corrected chi connectivity index (χ3v) is 1.69. The highest BCUT2D eigenvalue weighted by Crippen LogP contribution is 2.07. The third kappa shape index (κ3) is 0.969. The van der Waals surface area contributed by atoms with Crippen molar-refractivity contribution in [2.75, 3.05) is 0 Å². The maximum Gasteiger partial charge on any atom is 0.0651 e. The molecule has 0 saturated carbocycles. The Morgan fingerprint density at radius 2 is 2.22 bits per heavy atom. The van der Waals surface area contributed by atoms with E-state index in [1.807, 2.05) is 6.92 Å². The van der Waals surface area contributed by atoms with E-state index in [0.29, 0.717) is 0 Å². The van der Waals surface area contributed by atoms with Crippen molar-refractivity contribution in [3.05, 3.63) is 17.0 Å². The highest BCUT2D eigenvalue weighted by molar-refractivity contribution is 5.21. The molecule has 0 saturated heterocycles. The second-order valence-electron chi connectivity index (χ2n) is 2.27. The van der Waals surface area contributed by atoms with Crippen molar-refractivity contribution >= 4 is 0 Å². The Bertz CT molecular complexity index is 205. The van der Waals surface area contributed by atoms with Crippen LogP contribution in [0.3, 0.4) is 0 Å². The minimum absolute atomic E-state index is 0. The van der Waals surface area contributed by atoms with E-state index in [-0.39, 0.29) is 1.43 Å². The number of aromatic amines is 1. The second kappa shape index (κ2) is 2.21. The van der Waals surface area contributed by atoms with Gasteiger partial charge in [-0.1, -0.05) is 6.92 Å². The molecule has 1 aromatic rings. The number of hydrogen-bond donors (Lipinski definition) is 1. The summed E-state index contributed by atoms with van der Waals surface area (Å²) >= 11 is 0. The summed E-state index contributed by atoms with van der Waals surface area (Å²) in [7, 11) is 0. The molecule has 0 bridgehead atoms. The van der Waals surface area contributed by atoms with Crippen LogP contribution in [0.1, 0.15) is 25.3 Å². The van der Waals surface area contributed by atoms with Crippen LogP contribution in [0, 0.1) is 13.8 Å². The van der Waals surface area contributed by atoms with Gasteiger partial charge in [-0.25, -0.2) is 0 Å². The number of nitrogens with zero attached hydrogens (tertiary/aromatic N) is 1. The van der Waals surface area contributed by atoms with Gasteiger partial charge in [0, 0.05) is 7.12 Å². The Balaban J connectivity index is 0.000000810. The Morgan fingerprint density at radius 3 is 2.44 bits per heavy atom. The topological polar surface area (TPSA) is 28.7 Å². The van der Waals surface area contributed by atoms with E-state index in [2.05, 4.69) is 24.0 Å². The van der Waals surface area contributed by atoms with Crippen LogP contribution in [0.25, 0.3) is 0 Å². The van der Waals surface area contributed by atoms with E-state index in [1.165, 1.54) is 17.0 Å². The number of H-pyrrole nitrogens is 1. The van der Waals surface area contributed by atoms with E-state index in [9.17, 15) is 0 Å². The predicted octanol–water partition coefficient (Wildman–Crippen LogP) is 1.83. The van der Waals surface area contributed by atoms with E-state index < -0.39 is 0 Å². The van der Waals surface area contributed by atoms with Gasteiger partial charge in [0.2, 0.25) is 0 Å². The van der Waals surface area contributed by atoms with Crippen LogP contribution in [-0.4, -0.2) is 10.2 Å². The van der Waals surface area contributed by atoms with E-state index in [4.69, 9.17) is 0 Å². The number of rotatable bonds is 1. The Kier molecular flexibility index (Phi) is 1.56. The first-order valence-electron chi connectivity index (χ1n) is 3.26. The lowest BCUT2D eigenvalue weighted by Crippen LogP contribution is -1.81. The van der Waals surface area contributed by atoms with Gasteiger partial charge in [-0.2, -0.15) is 5.10 Å². The van der Waals surface area contributed by atoms with Gasteiger partial charge in [0.05, 0.1) is 5.69 Å². The molecule has 9 heavy (non-hydrogen) atoms. The predicted molar refractivity (Wildman–Crippen MR) is 39.6 cm³/mol. The molecule has 2 heteroatoms. The highest BCUT2D eigenvalue weighted by atomic mass is 15.1. The Labute approximate surface area is 56.8 Å². The summed E-state index contributed by atoms with van der Waals surface area (Å²) in [4.78, 5) is 0. The fourth-order valence-corrected chi connectivity index (χ4v) is 0.880. The molecular weight excluding hydrogens is 112 g/mol. The molecule has 1 heterocycles. The van der Waals surface area contributed by atoms with Crippen molar-refractivity contribution in [3.8, 4) is 0 Å². The first-order chi connectivity index (χ1) is 4.25. The second-order valence-corrected chi connectivity index (χ2v) is 2.27. The van der Waals surface area contributed by atoms with Crippen LogP contribution in [0.15, 0.2) is 0 Å². The van der Waals surface area contributed by atoms with Crippen LogP contribution in [0.2, 0.25) is 0 Å². The molecule has 52 valence electrons. The maximum absolute atomic E-state index is 4.11. The average molecular weight is 126 g/mol. The molecule has 0 aliphatic carbocycles. The summed E-state index contributed by atoms with van der Waals surface area (Å²) < 4.78 is 0. The van der Waals surface area contributed by atoms with Crippen LogP contribution in [0.5, 0.6) is 0 Å². The Morgan fingerprint density at radius 1 is 1.56 bits per heavy atom. The van der Waals surface area contributed by atoms with Crippen molar-refractivity contribution in [3.63, 3.8) is 0 Å². The standard InChI is InChI=1S/C7H12N2.H2/c1-4-7-5(2)6(3)8-9-7;/h4H2,1-3H3,(H,8,9);1H. The minimum Gasteiger partial charge on any atom is -0.282 e. The largest absolute Gasteiger partial charge is 0.282 e. The summed E-state index contributed by atoms with van der Waals surface area (Å²) in [5.41, 5.74) is 3.68. The van der Waals surface area contributed by atoms with Crippen molar-refractivity contribution in [1.82, 2.24) is 10.2 Å². The van der Waals surface area contributed by atoms with Crippen molar-refractivity contribution in [2.45, 2.75) is 27.2 Å². The molecule has 0 aliphatic heterocycles. The van der Waals surface area contributed by atoms with Crippen LogP contribution in [0.4, 0.5) is 0 Å². The van der Waals surface area contributed by atoms with Crippen molar-refractivity contribution in [1.29, 1.82) is 0 Å². The van der Waals surface area contributed by atoms with E-state index in [0.717, 1.165) is 6.42 Å². The lowest BCUT2D eigenvalue weighted by atomic mass is 10.2. The smallest absolute Gasteiger partial charge is 0.0651 e. The molecule has 1 N–H and O–H groups in total. The molecule has 0 fully saturated rings. The fourth-order valence-electron chi connectivity index (χ4n) is 0.880. The zero-order valence-corrected chi connectivity index (χ0v) is 6.15. The summed E-state index contributed by atoms with van der Waals surface area (Å²) in [5.74, 6) is 0. The highest BCUT2D eigenvalue weighted by Gasteiger charge is 2.00. The molecule has 0 spiro atoms. The lowest BCUT2D eigenvalue weighted by molar-refractivity contribution is 0.959. The van der Waals surface area contributed by atoms with Crippen LogP contribution in [-0.2, 0) is 6.42 Å². The zero-order valence-electron chi connectivity index (χ0n) is 6.15. The Hall–Kier alpha value is -0.790. The van der Waals surface area contributed by atoms with Crippen molar-refractivity contribution in [2.24, 2.45) is 0 Å². The first-order valence-corrected chi connectivity index (χ1v) is 3.26. The monoisotopic (exact) mass is 126 g/mol. The SMILES string of the molecule is CCc1n[nH]c(C)c1C.[HH]. The number of hydrogen-bond acceptors (Lipinski definition) is 1. The molecule has 0 radical (unpaired) electrons. The maximum atomic E-state index is 4.11. The van der Waals surface area contributed by atoms with Crippen molar-refractivity contribution < 1.29 is 1.43 Å². The zero-order chi connectivity index (χ0) is 6.85. The molecule has 0 amide bonds. The molecule has 0 aliphatic rings. The first kappa shape index (κ1) is 6.33. The van der Waals surface area contributed by atoms with E-state index >= 15 is 0 Å². The number of aryl methyl sites for hydroxylation is 2. The van der Waals surface area contributed by atoms with Gasteiger partial charge < -0.3 is 0 Å². The summed E-state index contributed by atoms with van der Waals surface area (Å²) in [6.45, 7) is 6.25. The fraction of sp³-hybridized carbons (Fsp3) is 0.571. The molecule has 2 nitrogen and oxygen atoms in total. The average Bonchev–Trinajstić information content (AvgIpc) is 2.15. The van der Waals surface area contributed by atoms with Crippen LogP contribution < -0.4 is 0 Å². The van der Waals surface area contributed by atoms with Gasteiger partial charge in [0.1, 0.15) is 0 Å². The van der Waals surface area contributed by atoms with Gasteiger partial charge in [0.15, 0.2) is 0 Å². The lowest BCUT2D eigenvalue weighted by Gasteiger charge is -1.88. The normalized spacial score (nSPS) is 10.1. The van der Waals surface area contributed by atoms with E-state index in [1.54, 1.807) is 0 Å². The quantitative estimate of drug-likeness (QED) is 0.611.